The molecule has 0 spiro atoms. The number of benzene rings is 1. The van der Waals surface area contributed by atoms with Gasteiger partial charge in [-0.25, -0.2) is 13.1 Å². The Balaban J connectivity index is 0.00000289. The Morgan fingerprint density at radius 3 is 2.39 bits per heavy atom. The van der Waals surface area contributed by atoms with Gasteiger partial charge in [0.15, 0.2) is 0 Å². The van der Waals surface area contributed by atoms with E-state index in [1.165, 1.54) is 18.2 Å². The fourth-order valence-electron chi connectivity index (χ4n) is 1.20. The third-order valence-corrected chi connectivity index (χ3v) is 4.32. The normalized spacial score (nSPS) is 11.1. The Labute approximate surface area is 123 Å². The Morgan fingerprint density at radius 1 is 1.17 bits per heavy atom. The van der Waals surface area contributed by atoms with Crippen molar-refractivity contribution in [3.63, 3.8) is 0 Å². The van der Waals surface area contributed by atoms with E-state index < -0.39 is 10.0 Å². The largest absolute Gasteiger partial charge is 0.330 e. The van der Waals surface area contributed by atoms with Crippen molar-refractivity contribution >= 4 is 45.6 Å². The van der Waals surface area contributed by atoms with Gasteiger partial charge in [0, 0.05) is 6.54 Å². The molecule has 0 heterocycles. The molecule has 0 radical (unpaired) electrons. The summed E-state index contributed by atoms with van der Waals surface area (Å²) < 4.78 is 26.1. The van der Waals surface area contributed by atoms with Crippen molar-refractivity contribution in [2.45, 2.75) is 17.7 Å². The molecule has 0 aromatic heterocycles. The number of hydrogen-bond acceptors (Lipinski definition) is 3. The van der Waals surface area contributed by atoms with Gasteiger partial charge in [0.2, 0.25) is 10.0 Å². The summed E-state index contributed by atoms with van der Waals surface area (Å²) in [7, 11) is -3.51. The van der Waals surface area contributed by atoms with Crippen LogP contribution in [0.15, 0.2) is 23.1 Å². The SMILES string of the molecule is Cl.NCCCCNS(=O)(=O)c1ccc(Cl)c(Cl)c1. The van der Waals surface area contributed by atoms with Crippen molar-refractivity contribution in [1.82, 2.24) is 4.72 Å². The molecule has 0 aliphatic heterocycles. The van der Waals surface area contributed by atoms with Gasteiger partial charge >= 0.3 is 0 Å². The number of sulfonamides is 1. The zero-order chi connectivity index (χ0) is 12.9. The van der Waals surface area contributed by atoms with E-state index in [1.54, 1.807) is 0 Å². The third-order valence-electron chi connectivity index (χ3n) is 2.12. The van der Waals surface area contributed by atoms with E-state index in [9.17, 15) is 8.42 Å². The Kier molecular flexibility index (Phi) is 8.18. The molecule has 0 unspecified atom stereocenters. The molecule has 4 nitrogen and oxygen atoms in total. The molecular formula is C10H15Cl3N2O2S. The highest BCUT2D eigenvalue weighted by atomic mass is 35.5. The number of nitrogens with one attached hydrogen (secondary N) is 1. The predicted octanol–water partition coefficient (Wildman–Crippen LogP) is 2.43. The van der Waals surface area contributed by atoms with Crippen molar-refractivity contribution < 1.29 is 8.42 Å². The first-order chi connectivity index (χ1) is 7.97. The van der Waals surface area contributed by atoms with Crippen LogP contribution in [0.5, 0.6) is 0 Å². The van der Waals surface area contributed by atoms with Crippen LogP contribution in [0, 0.1) is 0 Å². The van der Waals surface area contributed by atoms with E-state index in [1.807, 2.05) is 0 Å². The smallest absolute Gasteiger partial charge is 0.240 e. The Bertz CT molecular complexity index is 480. The molecule has 0 amide bonds. The highest BCUT2D eigenvalue weighted by Gasteiger charge is 2.14. The first-order valence-corrected chi connectivity index (χ1v) is 7.36. The second-order valence-corrected chi connectivity index (χ2v) is 6.05. The van der Waals surface area contributed by atoms with Crippen LogP contribution >= 0.6 is 35.6 Å². The fourth-order valence-corrected chi connectivity index (χ4v) is 2.67. The molecule has 1 rings (SSSR count). The van der Waals surface area contributed by atoms with Crippen molar-refractivity contribution in [3.8, 4) is 0 Å². The lowest BCUT2D eigenvalue weighted by atomic mass is 10.3. The van der Waals surface area contributed by atoms with E-state index in [4.69, 9.17) is 28.9 Å². The molecule has 0 aliphatic rings. The van der Waals surface area contributed by atoms with Gasteiger partial charge in [-0.1, -0.05) is 23.2 Å². The van der Waals surface area contributed by atoms with E-state index in [-0.39, 0.29) is 22.3 Å². The summed E-state index contributed by atoms with van der Waals surface area (Å²) in [6.45, 7) is 0.911. The van der Waals surface area contributed by atoms with E-state index in [0.29, 0.717) is 24.5 Å². The molecular weight excluding hydrogens is 319 g/mol. The number of unbranched alkanes of at least 4 members (excludes halogenated alkanes) is 1. The lowest BCUT2D eigenvalue weighted by Crippen LogP contribution is -2.25. The maximum absolute atomic E-state index is 11.8. The molecule has 104 valence electrons. The molecule has 1 aromatic carbocycles. The molecule has 0 saturated carbocycles. The average molecular weight is 334 g/mol. The second kappa shape index (κ2) is 8.19. The molecule has 0 bridgehead atoms. The minimum atomic E-state index is -3.51. The lowest BCUT2D eigenvalue weighted by molar-refractivity contribution is 0.577. The molecule has 18 heavy (non-hydrogen) atoms. The fraction of sp³-hybridized carbons (Fsp3) is 0.400. The van der Waals surface area contributed by atoms with Crippen LogP contribution in [0.4, 0.5) is 0 Å². The Hall–Kier alpha value is -0.0400. The summed E-state index contributed by atoms with van der Waals surface area (Å²) in [6, 6.07) is 4.20. The van der Waals surface area contributed by atoms with Gasteiger partial charge in [0.05, 0.1) is 14.9 Å². The first kappa shape index (κ1) is 18.0. The molecule has 8 heteroatoms. The summed E-state index contributed by atoms with van der Waals surface area (Å²) >= 11 is 11.5. The first-order valence-electron chi connectivity index (χ1n) is 5.12. The lowest BCUT2D eigenvalue weighted by Gasteiger charge is -2.07. The van der Waals surface area contributed by atoms with Gasteiger partial charge in [-0.2, -0.15) is 0 Å². The Morgan fingerprint density at radius 2 is 1.83 bits per heavy atom. The van der Waals surface area contributed by atoms with Gasteiger partial charge in [-0.3, -0.25) is 0 Å². The summed E-state index contributed by atoms with van der Waals surface area (Å²) in [5, 5.41) is 0.547. The number of halogens is 3. The van der Waals surface area contributed by atoms with Crippen LogP contribution in [0.25, 0.3) is 0 Å². The quantitative estimate of drug-likeness (QED) is 0.785. The molecule has 1 aromatic rings. The summed E-state index contributed by atoms with van der Waals surface area (Å²) in [5.41, 5.74) is 5.32. The summed E-state index contributed by atoms with van der Waals surface area (Å²) in [6.07, 6.45) is 1.49. The maximum atomic E-state index is 11.8. The maximum Gasteiger partial charge on any atom is 0.240 e. The number of nitrogens with two attached hydrogens (primary N) is 1. The monoisotopic (exact) mass is 332 g/mol. The zero-order valence-corrected chi connectivity index (χ0v) is 12.7. The molecule has 0 saturated heterocycles. The standard InChI is InChI=1S/C10H14Cl2N2O2S.ClH/c11-9-4-3-8(7-10(9)12)17(15,16)14-6-2-1-5-13;/h3-4,7,14H,1-2,5-6,13H2;1H. The van der Waals surface area contributed by atoms with E-state index in [2.05, 4.69) is 4.72 Å². The van der Waals surface area contributed by atoms with Gasteiger partial charge in [0.25, 0.3) is 0 Å². The van der Waals surface area contributed by atoms with Crippen LogP contribution in [0.1, 0.15) is 12.8 Å². The zero-order valence-electron chi connectivity index (χ0n) is 9.53. The van der Waals surface area contributed by atoms with Gasteiger partial charge < -0.3 is 5.73 Å². The van der Waals surface area contributed by atoms with Crippen LogP contribution in [-0.4, -0.2) is 21.5 Å². The van der Waals surface area contributed by atoms with Crippen LogP contribution in [0.3, 0.4) is 0 Å². The topological polar surface area (TPSA) is 72.2 Å². The van der Waals surface area contributed by atoms with Gasteiger partial charge in [-0.05, 0) is 37.6 Å². The number of hydrogen-bond donors (Lipinski definition) is 2. The number of rotatable bonds is 6. The summed E-state index contributed by atoms with van der Waals surface area (Å²) in [4.78, 5) is 0.111. The second-order valence-electron chi connectivity index (χ2n) is 3.47. The van der Waals surface area contributed by atoms with E-state index >= 15 is 0 Å². The van der Waals surface area contributed by atoms with Crippen LogP contribution in [0.2, 0.25) is 10.0 Å². The van der Waals surface area contributed by atoms with Gasteiger partial charge in [-0.15, -0.1) is 12.4 Å². The molecule has 0 aliphatic carbocycles. The minimum Gasteiger partial charge on any atom is -0.330 e. The van der Waals surface area contributed by atoms with Crippen LogP contribution < -0.4 is 10.5 Å². The van der Waals surface area contributed by atoms with Crippen molar-refractivity contribution in [2.24, 2.45) is 5.73 Å². The predicted molar refractivity (Wildman–Crippen MR) is 77.2 cm³/mol. The molecule has 0 atom stereocenters. The molecule has 3 N–H and O–H groups in total. The average Bonchev–Trinajstić information content (AvgIpc) is 2.28. The summed E-state index contributed by atoms with van der Waals surface area (Å²) in [5.74, 6) is 0. The van der Waals surface area contributed by atoms with Crippen molar-refractivity contribution in [1.29, 1.82) is 0 Å². The van der Waals surface area contributed by atoms with Crippen LogP contribution in [-0.2, 0) is 10.0 Å². The third kappa shape index (κ3) is 5.30. The van der Waals surface area contributed by atoms with E-state index in [0.717, 1.165) is 6.42 Å². The van der Waals surface area contributed by atoms with Crippen molar-refractivity contribution in [2.75, 3.05) is 13.1 Å². The highest BCUT2D eigenvalue weighted by Crippen LogP contribution is 2.24. The highest BCUT2D eigenvalue weighted by molar-refractivity contribution is 7.89. The molecule has 0 fully saturated rings. The van der Waals surface area contributed by atoms with Crippen molar-refractivity contribution in [3.05, 3.63) is 28.2 Å². The van der Waals surface area contributed by atoms with Gasteiger partial charge in [0.1, 0.15) is 0 Å². The minimum absolute atomic E-state index is 0.